The number of nitrogens with two attached hydrogens (primary N) is 1. The highest BCUT2D eigenvalue weighted by atomic mass is 32.2. The van der Waals surface area contributed by atoms with Gasteiger partial charge in [0, 0.05) is 22.6 Å². The van der Waals surface area contributed by atoms with Crippen LogP contribution in [-0.4, -0.2) is 12.3 Å². The van der Waals surface area contributed by atoms with Gasteiger partial charge in [-0.15, -0.1) is 11.8 Å². The number of benzene rings is 1. The molecule has 1 nitrogen and oxygen atoms in total. The molecule has 2 heteroatoms. The van der Waals surface area contributed by atoms with Gasteiger partial charge in [0.25, 0.3) is 0 Å². The Bertz CT molecular complexity index is 371. The van der Waals surface area contributed by atoms with E-state index in [1.165, 1.54) is 48.3 Å². The molecule has 0 saturated heterocycles. The third kappa shape index (κ3) is 2.38. The van der Waals surface area contributed by atoms with Gasteiger partial charge < -0.3 is 5.73 Å². The Balaban J connectivity index is 1.66. The van der Waals surface area contributed by atoms with Crippen LogP contribution in [0.15, 0.2) is 29.2 Å². The zero-order valence-electron chi connectivity index (χ0n) is 10.3. The number of thioether (sulfide) groups is 1. The lowest BCUT2D eigenvalue weighted by atomic mass is 9.64. The minimum atomic E-state index is 0.319. The molecule has 0 spiro atoms. The van der Waals surface area contributed by atoms with Crippen LogP contribution in [0.5, 0.6) is 0 Å². The highest BCUT2D eigenvalue weighted by molar-refractivity contribution is 7.99. The molecule has 92 valence electrons. The predicted octanol–water partition coefficient (Wildman–Crippen LogP) is 3.57. The van der Waals surface area contributed by atoms with Gasteiger partial charge in [0.1, 0.15) is 0 Å². The van der Waals surface area contributed by atoms with E-state index in [0.29, 0.717) is 5.41 Å². The summed E-state index contributed by atoms with van der Waals surface area (Å²) in [6.45, 7) is 0.807. The average Bonchev–Trinajstić information content (AvgIpc) is 3.11. The lowest BCUT2D eigenvalue weighted by Gasteiger charge is -2.41. The van der Waals surface area contributed by atoms with Crippen molar-refractivity contribution in [2.45, 2.75) is 42.4 Å². The molecule has 0 aliphatic heterocycles. The molecule has 2 aliphatic rings. The van der Waals surface area contributed by atoms with E-state index in [1.807, 2.05) is 11.8 Å². The van der Waals surface area contributed by atoms with E-state index in [1.54, 1.807) is 0 Å². The van der Waals surface area contributed by atoms with Gasteiger partial charge in [0.05, 0.1) is 0 Å². The van der Waals surface area contributed by atoms with Gasteiger partial charge in [-0.25, -0.2) is 0 Å². The van der Waals surface area contributed by atoms with Crippen LogP contribution in [0.1, 0.15) is 37.7 Å². The molecule has 2 saturated carbocycles. The van der Waals surface area contributed by atoms with Crippen LogP contribution >= 0.6 is 11.8 Å². The maximum absolute atomic E-state index is 5.94. The second kappa shape index (κ2) is 4.66. The number of hydrogen-bond acceptors (Lipinski definition) is 2. The Morgan fingerprint density at radius 2 is 1.88 bits per heavy atom. The third-order valence-electron chi connectivity index (χ3n) is 4.35. The molecule has 1 aromatic rings. The third-order valence-corrected chi connectivity index (χ3v) is 5.59. The van der Waals surface area contributed by atoms with Crippen molar-refractivity contribution in [3.8, 4) is 0 Å². The van der Waals surface area contributed by atoms with Crippen LogP contribution in [0.2, 0.25) is 0 Å². The maximum atomic E-state index is 5.94. The van der Waals surface area contributed by atoms with Gasteiger partial charge in [-0.1, -0.05) is 18.6 Å². The molecule has 0 atom stereocenters. The van der Waals surface area contributed by atoms with Crippen LogP contribution in [0, 0.1) is 5.92 Å². The fourth-order valence-electron chi connectivity index (χ4n) is 2.62. The summed E-state index contributed by atoms with van der Waals surface area (Å²) in [6, 6.07) is 9.19. The van der Waals surface area contributed by atoms with Crippen molar-refractivity contribution in [2.24, 2.45) is 11.7 Å². The summed E-state index contributed by atoms with van der Waals surface area (Å²) in [6.07, 6.45) is 6.79. The zero-order valence-corrected chi connectivity index (χ0v) is 11.1. The fourth-order valence-corrected chi connectivity index (χ4v) is 3.71. The monoisotopic (exact) mass is 247 g/mol. The molecule has 2 fully saturated rings. The molecule has 17 heavy (non-hydrogen) atoms. The Kier molecular flexibility index (Phi) is 3.18. The van der Waals surface area contributed by atoms with Gasteiger partial charge in [0.2, 0.25) is 0 Å². The molecule has 0 radical (unpaired) electrons. The van der Waals surface area contributed by atoms with Crippen LogP contribution in [0.3, 0.4) is 0 Å². The van der Waals surface area contributed by atoms with Gasteiger partial charge in [-0.2, -0.15) is 0 Å². The summed E-state index contributed by atoms with van der Waals surface area (Å²) in [5, 5.41) is 0. The van der Waals surface area contributed by atoms with Crippen molar-refractivity contribution < 1.29 is 0 Å². The second-order valence-corrected chi connectivity index (χ2v) is 6.71. The molecule has 0 aromatic heterocycles. The molecule has 3 rings (SSSR count). The quantitative estimate of drug-likeness (QED) is 0.805. The SMILES string of the molecule is NCC1(c2ccc(SCC3CC3)cc2)CCC1. The summed E-state index contributed by atoms with van der Waals surface area (Å²) >= 11 is 2.01. The van der Waals surface area contributed by atoms with Gasteiger partial charge >= 0.3 is 0 Å². The van der Waals surface area contributed by atoms with Crippen molar-refractivity contribution in [3.63, 3.8) is 0 Å². The number of hydrogen-bond donors (Lipinski definition) is 1. The second-order valence-electron chi connectivity index (χ2n) is 5.62. The van der Waals surface area contributed by atoms with Gasteiger partial charge in [-0.3, -0.25) is 0 Å². The van der Waals surface area contributed by atoms with Crippen molar-refractivity contribution in [1.82, 2.24) is 0 Å². The summed E-state index contributed by atoms with van der Waals surface area (Å²) < 4.78 is 0. The van der Waals surface area contributed by atoms with E-state index in [2.05, 4.69) is 24.3 Å². The minimum Gasteiger partial charge on any atom is -0.330 e. The predicted molar refractivity (Wildman–Crippen MR) is 74.5 cm³/mol. The molecule has 2 N–H and O–H groups in total. The topological polar surface area (TPSA) is 26.0 Å². The smallest absolute Gasteiger partial charge is 0.00755 e. The van der Waals surface area contributed by atoms with Crippen molar-refractivity contribution in [2.75, 3.05) is 12.3 Å². The first-order valence-electron chi connectivity index (χ1n) is 6.76. The first-order valence-corrected chi connectivity index (χ1v) is 7.74. The van der Waals surface area contributed by atoms with Gasteiger partial charge in [0.15, 0.2) is 0 Å². The standard InChI is InChI=1S/C15H21NS/c16-11-15(8-1-9-15)13-4-6-14(7-5-13)17-10-12-2-3-12/h4-7,12H,1-3,8-11,16H2. The minimum absolute atomic E-state index is 0.319. The van der Waals surface area contributed by atoms with Gasteiger partial charge in [-0.05, 0) is 49.3 Å². The molecule has 0 unspecified atom stereocenters. The summed E-state index contributed by atoms with van der Waals surface area (Å²) in [5.74, 6) is 2.31. The molecule has 0 bridgehead atoms. The maximum Gasteiger partial charge on any atom is 0.00755 e. The Morgan fingerprint density at radius 3 is 2.35 bits per heavy atom. The average molecular weight is 247 g/mol. The van der Waals surface area contributed by atoms with E-state index >= 15 is 0 Å². The molecule has 0 heterocycles. The Morgan fingerprint density at radius 1 is 1.18 bits per heavy atom. The highest BCUT2D eigenvalue weighted by Gasteiger charge is 2.37. The van der Waals surface area contributed by atoms with Crippen molar-refractivity contribution in [3.05, 3.63) is 29.8 Å². The Hall–Kier alpha value is -0.470. The first kappa shape index (κ1) is 11.6. The summed E-state index contributed by atoms with van der Waals surface area (Å²) in [4.78, 5) is 1.42. The van der Waals surface area contributed by atoms with E-state index in [9.17, 15) is 0 Å². The largest absolute Gasteiger partial charge is 0.330 e. The molecular formula is C15H21NS. The van der Waals surface area contributed by atoms with E-state index in [4.69, 9.17) is 5.73 Å². The van der Waals surface area contributed by atoms with Crippen LogP contribution in [0.25, 0.3) is 0 Å². The lowest BCUT2D eigenvalue weighted by molar-refractivity contribution is 0.253. The molecule has 2 aliphatic carbocycles. The van der Waals surface area contributed by atoms with E-state index < -0.39 is 0 Å². The zero-order chi connectivity index (χ0) is 11.7. The Labute approximate surface area is 108 Å². The molecular weight excluding hydrogens is 226 g/mol. The summed E-state index contributed by atoms with van der Waals surface area (Å²) in [7, 11) is 0. The fraction of sp³-hybridized carbons (Fsp3) is 0.600. The normalized spacial score (nSPS) is 22.2. The van der Waals surface area contributed by atoms with Crippen LogP contribution < -0.4 is 5.73 Å². The van der Waals surface area contributed by atoms with Crippen LogP contribution in [-0.2, 0) is 5.41 Å². The van der Waals surface area contributed by atoms with E-state index in [0.717, 1.165) is 12.5 Å². The van der Waals surface area contributed by atoms with Crippen molar-refractivity contribution >= 4 is 11.8 Å². The van der Waals surface area contributed by atoms with Crippen LogP contribution in [0.4, 0.5) is 0 Å². The first-order chi connectivity index (χ1) is 8.32. The highest BCUT2D eigenvalue weighted by Crippen LogP contribution is 2.43. The number of rotatable bonds is 5. The van der Waals surface area contributed by atoms with Crippen molar-refractivity contribution in [1.29, 1.82) is 0 Å². The lowest BCUT2D eigenvalue weighted by Crippen LogP contribution is -2.41. The molecule has 1 aromatic carbocycles. The molecule has 0 amide bonds. The van der Waals surface area contributed by atoms with E-state index in [-0.39, 0.29) is 0 Å². The summed E-state index contributed by atoms with van der Waals surface area (Å²) in [5.41, 5.74) is 7.72.